The molecule has 2 aromatic rings. The molecule has 0 aliphatic carbocycles. The number of anilines is 1. The number of amides is 2. The van der Waals surface area contributed by atoms with Crippen molar-refractivity contribution in [2.24, 2.45) is 0 Å². The van der Waals surface area contributed by atoms with Crippen LogP contribution in [0.3, 0.4) is 0 Å². The van der Waals surface area contributed by atoms with Gasteiger partial charge in [0.2, 0.25) is 11.8 Å². The first-order valence-corrected chi connectivity index (χ1v) is 8.70. The van der Waals surface area contributed by atoms with E-state index in [1.807, 2.05) is 37.3 Å². The van der Waals surface area contributed by atoms with Gasteiger partial charge < -0.3 is 10.6 Å². The van der Waals surface area contributed by atoms with Gasteiger partial charge in [0.05, 0.1) is 0 Å². The smallest absolute Gasteiger partial charge is 0.233 e. The van der Waals surface area contributed by atoms with Gasteiger partial charge in [0, 0.05) is 16.7 Å². The highest BCUT2D eigenvalue weighted by Crippen LogP contribution is 2.20. The second-order valence-corrected chi connectivity index (χ2v) is 6.48. The van der Waals surface area contributed by atoms with Crippen molar-refractivity contribution in [1.82, 2.24) is 5.32 Å². The standard InChI is InChI=1S/C19H21BrN2O2/c1-14-12-16(9-10-17(14)20)22-19(24)13-18(23)21-11-5-8-15-6-3-2-4-7-15/h2-4,6-7,9-10,12H,5,8,11,13H2,1H3,(H,21,23)(H,22,24). The van der Waals surface area contributed by atoms with Crippen LogP contribution in [0.5, 0.6) is 0 Å². The predicted molar refractivity (Wildman–Crippen MR) is 99.9 cm³/mol. The van der Waals surface area contributed by atoms with Crippen molar-refractivity contribution in [3.05, 3.63) is 64.1 Å². The molecular weight excluding hydrogens is 368 g/mol. The second kappa shape index (κ2) is 9.23. The third kappa shape index (κ3) is 6.16. The fraction of sp³-hybridized carbons (Fsp3) is 0.263. The van der Waals surface area contributed by atoms with Crippen LogP contribution < -0.4 is 10.6 Å². The summed E-state index contributed by atoms with van der Waals surface area (Å²) < 4.78 is 0.983. The molecule has 0 aliphatic rings. The van der Waals surface area contributed by atoms with Gasteiger partial charge in [0.15, 0.2) is 0 Å². The summed E-state index contributed by atoms with van der Waals surface area (Å²) >= 11 is 3.41. The molecule has 0 fully saturated rings. The molecule has 0 atom stereocenters. The molecular formula is C19H21BrN2O2. The Morgan fingerprint density at radius 1 is 1.04 bits per heavy atom. The number of hydrogen-bond donors (Lipinski definition) is 2. The van der Waals surface area contributed by atoms with Gasteiger partial charge in [-0.05, 0) is 49.1 Å². The van der Waals surface area contributed by atoms with E-state index in [1.165, 1.54) is 5.56 Å². The Kier molecular flexibility index (Phi) is 7.00. The summed E-state index contributed by atoms with van der Waals surface area (Å²) in [6.45, 7) is 2.51. The van der Waals surface area contributed by atoms with E-state index in [9.17, 15) is 9.59 Å². The number of rotatable bonds is 7. The van der Waals surface area contributed by atoms with E-state index in [4.69, 9.17) is 0 Å². The molecule has 0 aromatic heterocycles. The SMILES string of the molecule is Cc1cc(NC(=O)CC(=O)NCCCc2ccccc2)ccc1Br. The highest BCUT2D eigenvalue weighted by atomic mass is 79.9. The van der Waals surface area contributed by atoms with Gasteiger partial charge in [-0.3, -0.25) is 9.59 Å². The van der Waals surface area contributed by atoms with Crippen LogP contribution in [0, 0.1) is 6.92 Å². The molecule has 24 heavy (non-hydrogen) atoms. The molecule has 0 spiro atoms. The Balaban J connectivity index is 1.68. The molecule has 2 N–H and O–H groups in total. The van der Waals surface area contributed by atoms with Crippen LogP contribution in [0.4, 0.5) is 5.69 Å². The summed E-state index contributed by atoms with van der Waals surface area (Å²) in [5.41, 5.74) is 2.96. The maximum absolute atomic E-state index is 11.9. The Morgan fingerprint density at radius 3 is 2.50 bits per heavy atom. The number of nitrogens with one attached hydrogen (secondary N) is 2. The van der Waals surface area contributed by atoms with Crippen molar-refractivity contribution < 1.29 is 9.59 Å². The van der Waals surface area contributed by atoms with Crippen LogP contribution in [0.25, 0.3) is 0 Å². The van der Waals surface area contributed by atoms with Crippen LogP contribution in [-0.4, -0.2) is 18.4 Å². The largest absolute Gasteiger partial charge is 0.356 e. The average molecular weight is 389 g/mol. The molecule has 2 aromatic carbocycles. The van der Waals surface area contributed by atoms with E-state index >= 15 is 0 Å². The lowest BCUT2D eigenvalue weighted by Crippen LogP contribution is -2.29. The fourth-order valence-electron chi connectivity index (χ4n) is 2.30. The van der Waals surface area contributed by atoms with Gasteiger partial charge in [0.1, 0.15) is 6.42 Å². The first-order chi connectivity index (χ1) is 11.5. The molecule has 0 bridgehead atoms. The fourth-order valence-corrected chi connectivity index (χ4v) is 2.55. The Labute approximate surface area is 150 Å². The van der Waals surface area contributed by atoms with Crippen molar-refractivity contribution >= 4 is 33.4 Å². The average Bonchev–Trinajstić information content (AvgIpc) is 2.56. The van der Waals surface area contributed by atoms with E-state index in [2.05, 4.69) is 38.7 Å². The highest BCUT2D eigenvalue weighted by Gasteiger charge is 2.09. The summed E-state index contributed by atoms with van der Waals surface area (Å²) in [6, 6.07) is 15.6. The van der Waals surface area contributed by atoms with Gasteiger partial charge in [-0.1, -0.05) is 46.3 Å². The van der Waals surface area contributed by atoms with E-state index in [0.717, 1.165) is 22.9 Å². The van der Waals surface area contributed by atoms with Crippen molar-refractivity contribution in [1.29, 1.82) is 0 Å². The third-order valence-electron chi connectivity index (χ3n) is 3.57. The highest BCUT2D eigenvalue weighted by molar-refractivity contribution is 9.10. The summed E-state index contributed by atoms with van der Waals surface area (Å²) in [4.78, 5) is 23.7. The van der Waals surface area contributed by atoms with Gasteiger partial charge in [0.25, 0.3) is 0 Å². The van der Waals surface area contributed by atoms with Crippen LogP contribution in [0.15, 0.2) is 53.0 Å². The van der Waals surface area contributed by atoms with E-state index < -0.39 is 0 Å². The zero-order valence-corrected chi connectivity index (χ0v) is 15.2. The first-order valence-electron chi connectivity index (χ1n) is 7.91. The molecule has 2 amide bonds. The number of aryl methyl sites for hydroxylation is 2. The second-order valence-electron chi connectivity index (χ2n) is 5.63. The number of carbonyl (C=O) groups excluding carboxylic acids is 2. The first kappa shape index (κ1) is 18.2. The molecule has 5 heteroatoms. The zero-order valence-electron chi connectivity index (χ0n) is 13.6. The summed E-state index contributed by atoms with van der Waals surface area (Å²) in [7, 11) is 0. The topological polar surface area (TPSA) is 58.2 Å². The normalized spacial score (nSPS) is 10.2. The molecule has 126 valence electrons. The number of halogens is 1. The van der Waals surface area contributed by atoms with Crippen molar-refractivity contribution in [2.75, 3.05) is 11.9 Å². The quantitative estimate of drug-likeness (QED) is 0.559. The predicted octanol–water partition coefficient (Wildman–Crippen LogP) is 3.84. The molecule has 4 nitrogen and oxygen atoms in total. The van der Waals surface area contributed by atoms with Crippen molar-refractivity contribution in [3.63, 3.8) is 0 Å². The minimum atomic E-state index is -0.308. The van der Waals surface area contributed by atoms with Gasteiger partial charge in [-0.15, -0.1) is 0 Å². The zero-order chi connectivity index (χ0) is 17.4. The molecule has 0 heterocycles. The molecule has 0 saturated heterocycles. The lowest BCUT2D eigenvalue weighted by Gasteiger charge is -2.08. The number of hydrogen-bond acceptors (Lipinski definition) is 2. The lowest BCUT2D eigenvalue weighted by molar-refractivity contribution is -0.126. The minimum Gasteiger partial charge on any atom is -0.356 e. The molecule has 0 saturated carbocycles. The van der Waals surface area contributed by atoms with Crippen LogP contribution in [0.2, 0.25) is 0 Å². The third-order valence-corrected chi connectivity index (χ3v) is 4.46. The molecule has 2 rings (SSSR count). The number of benzene rings is 2. The monoisotopic (exact) mass is 388 g/mol. The van der Waals surface area contributed by atoms with E-state index in [1.54, 1.807) is 6.07 Å². The molecule has 0 aliphatic heterocycles. The molecule has 0 radical (unpaired) electrons. The van der Waals surface area contributed by atoms with Gasteiger partial charge >= 0.3 is 0 Å². The van der Waals surface area contributed by atoms with Gasteiger partial charge in [-0.2, -0.15) is 0 Å². The van der Waals surface area contributed by atoms with E-state index in [-0.39, 0.29) is 18.2 Å². The van der Waals surface area contributed by atoms with Crippen LogP contribution in [-0.2, 0) is 16.0 Å². The maximum Gasteiger partial charge on any atom is 0.233 e. The minimum absolute atomic E-state index is 0.166. The maximum atomic E-state index is 11.9. The number of carbonyl (C=O) groups is 2. The van der Waals surface area contributed by atoms with Crippen molar-refractivity contribution in [3.8, 4) is 0 Å². The Hall–Kier alpha value is -2.14. The Morgan fingerprint density at radius 2 is 1.79 bits per heavy atom. The van der Waals surface area contributed by atoms with Crippen LogP contribution in [0.1, 0.15) is 24.0 Å². The van der Waals surface area contributed by atoms with E-state index in [0.29, 0.717) is 12.2 Å². The molecule has 0 unspecified atom stereocenters. The van der Waals surface area contributed by atoms with Gasteiger partial charge in [-0.25, -0.2) is 0 Å². The summed E-state index contributed by atoms with van der Waals surface area (Å²) in [6.07, 6.45) is 1.59. The van der Waals surface area contributed by atoms with Crippen LogP contribution >= 0.6 is 15.9 Å². The summed E-state index contributed by atoms with van der Waals surface area (Å²) in [5.74, 6) is -0.563. The summed E-state index contributed by atoms with van der Waals surface area (Å²) in [5, 5.41) is 5.52. The Bertz CT molecular complexity index is 702. The van der Waals surface area contributed by atoms with Crippen molar-refractivity contribution in [2.45, 2.75) is 26.2 Å². The lowest BCUT2D eigenvalue weighted by atomic mass is 10.1.